The van der Waals surface area contributed by atoms with Crippen LogP contribution in [0.3, 0.4) is 0 Å². The summed E-state index contributed by atoms with van der Waals surface area (Å²) >= 11 is 3.61. The summed E-state index contributed by atoms with van der Waals surface area (Å²) in [7, 11) is 0. The number of hydrogen-bond acceptors (Lipinski definition) is 6. The van der Waals surface area contributed by atoms with Crippen molar-refractivity contribution in [3.63, 3.8) is 0 Å². The Kier molecular flexibility index (Phi) is 18.2. The van der Waals surface area contributed by atoms with Crippen molar-refractivity contribution in [1.82, 2.24) is 0 Å². The molecule has 0 radical (unpaired) electrons. The van der Waals surface area contributed by atoms with E-state index in [1.807, 2.05) is 24.8 Å². The first-order chi connectivity index (χ1) is 18.3. The zero-order valence-electron chi connectivity index (χ0n) is 22.0. The molecule has 2 aromatic carbocycles. The number of rotatable bonds is 16. The maximum atomic E-state index is 12.6. The Morgan fingerprint density at radius 2 is 1.75 bits per heavy atom. The van der Waals surface area contributed by atoms with Gasteiger partial charge in [-0.15, -0.1) is 11.8 Å². The second kappa shape index (κ2) is 19.5. The molecule has 1 atom stereocenters. The second-order valence-electron chi connectivity index (χ2n) is 9.35. The third-order valence-corrected chi connectivity index (χ3v) is 8.82. The summed E-state index contributed by atoms with van der Waals surface area (Å²) in [6.07, 6.45) is 6.16. The average molecular weight is 605 g/mol. The molecule has 0 amide bonds. The van der Waals surface area contributed by atoms with Crippen molar-refractivity contribution in [3.05, 3.63) is 75.1 Å². The Labute approximate surface area is 289 Å². The van der Waals surface area contributed by atoms with E-state index in [1.165, 1.54) is 24.0 Å². The van der Waals surface area contributed by atoms with E-state index in [9.17, 15) is 19.5 Å². The number of carboxylic acids is 2. The van der Waals surface area contributed by atoms with Gasteiger partial charge in [0.05, 0.1) is 5.39 Å². The van der Waals surface area contributed by atoms with Gasteiger partial charge in [-0.3, -0.25) is 9.59 Å². The van der Waals surface area contributed by atoms with E-state index in [4.69, 9.17) is 9.52 Å². The fourth-order valence-corrected chi connectivity index (χ4v) is 6.74. The van der Waals surface area contributed by atoms with Crippen LogP contribution < -0.4 is 5.43 Å². The summed E-state index contributed by atoms with van der Waals surface area (Å²) in [5.74, 6) is -0.334. The summed E-state index contributed by atoms with van der Waals surface area (Å²) in [5, 5.41) is 19.0. The molecule has 0 saturated carbocycles. The Balaban J connectivity index is 0.00000400. The summed E-state index contributed by atoms with van der Waals surface area (Å²) in [6, 6.07) is 13.3. The van der Waals surface area contributed by atoms with E-state index in [0.717, 1.165) is 47.3 Å². The molecule has 1 heterocycles. The van der Waals surface area contributed by atoms with Gasteiger partial charge in [0.1, 0.15) is 5.58 Å². The Morgan fingerprint density at radius 1 is 0.975 bits per heavy atom. The van der Waals surface area contributed by atoms with Crippen molar-refractivity contribution < 1.29 is 24.2 Å². The van der Waals surface area contributed by atoms with Crippen LogP contribution in [0.5, 0.6) is 0 Å². The van der Waals surface area contributed by atoms with Crippen molar-refractivity contribution >= 4 is 106 Å². The summed E-state index contributed by atoms with van der Waals surface area (Å²) in [6.45, 7) is 4.23. The van der Waals surface area contributed by atoms with Crippen LogP contribution in [-0.4, -0.2) is 87.0 Å². The van der Waals surface area contributed by atoms with Gasteiger partial charge in [-0.2, -0.15) is 11.8 Å². The Bertz CT molecular complexity index is 1310. The molecule has 208 valence electrons. The zero-order chi connectivity index (χ0) is 27.5. The van der Waals surface area contributed by atoms with Gasteiger partial charge in [-0.1, -0.05) is 57.4 Å². The van der Waals surface area contributed by atoms with Gasteiger partial charge in [0.15, 0.2) is 5.43 Å². The molecule has 0 saturated heterocycles. The van der Waals surface area contributed by atoms with Crippen molar-refractivity contribution in [2.75, 3.05) is 5.75 Å². The Hall–Kier alpha value is -0.710. The molecule has 0 fully saturated rings. The molecule has 2 N–H and O–H groups in total. The summed E-state index contributed by atoms with van der Waals surface area (Å²) in [5.41, 5.74) is 3.27. The first-order valence-electron chi connectivity index (χ1n) is 13.2. The molecule has 0 spiro atoms. The van der Waals surface area contributed by atoms with Crippen LogP contribution >= 0.6 is 23.5 Å². The van der Waals surface area contributed by atoms with Crippen molar-refractivity contribution in [2.24, 2.45) is 0 Å². The molecule has 40 heavy (non-hydrogen) atoms. The number of unbranched alkanes of at least 4 members (excludes halogenated alkanes) is 2. The van der Waals surface area contributed by atoms with Crippen LogP contribution in [0.25, 0.3) is 11.0 Å². The molecule has 0 bridgehead atoms. The molecule has 0 aliphatic carbocycles. The molecule has 6 nitrogen and oxygen atoms in total. The van der Waals surface area contributed by atoms with Crippen LogP contribution in [0.1, 0.15) is 91.3 Å². The third-order valence-electron chi connectivity index (χ3n) is 6.28. The normalized spacial score (nSPS) is 11.4. The van der Waals surface area contributed by atoms with E-state index >= 15 is 0 Å². The van der Waals surface area contributed by atoms with Gasteiger partial charge >= 0.3 is 71.1 Å². The standard InChI is InChI=1S/C30H36O6S2.2Na.2H/c1-3-5-16-37-19-20-10-8-11-21(17-20)26(12-6-7-13-28(32)33)38-27-15-14-22-24(31)18-25(30(34)35)36-29(22)23(27)9-4-2;;;;/h8,10-11,14-15,17-18,26H,3-7,9,12-13,16,19H2,1-2H3,(H,32,33)(H,34,35);;;;. The SMILES string of the molecule is CCCCSCc1cccc(C(CCCCC(=O)O)Sc2ccc3c(=O)cc(C(=O)O)oc3c2CCC)c1.[NaH].[NaH]. The average Bonchev–Trinajstić information content (AvgIpc) is 2.89. The number of carbonyl (C=O) groups is 2. The van der Waals surface area contributed by atoms with Gasteiger partial charge < -0.3 is 14.6 Å². The minimum absolute atomic E-state index is 0. The fraction of sp³-hybridized carbons (Fsp3) is 0.433. The number of aryl methyl sites for hydroxylation is 1. The number of fused-ring (bicyclic) bond motifs is 1. The van der Waals surface area contributed by atoms with Crippen molar-refractivity contribution in [3.8, 4) is 0 Å². The van der Waals surface area contributed by atoms with E-state index in [-0.39, 0.29) is 82.0 Å². The second-order valence-corrected chi connectivity index (χ2v) is 11.7. The van der Waals surface area contributed by atoms with Gasteiger partial charge in [0, 0.05) is 33.9 Å². The number of aliphatic carboxylic acids is 1. The third kappa shape index (κ3) is 11.2. The summed E-state index contributed by atoms with van der Waals surface area (Å²) < 4.78 is 5.74. The quantitative estimate of drug-likeness (QED) is 0.106. The maximum absolute atomic E-state index is 12.6. The van der Waals surface area contributed by atoms with Gasteiger partial charge in [-0.05, 0) is 54.7 Å². The predicted octanol–water partition coefficient (Wildman–Crippen LogP) is 6.66. The fourth-order valence-electron chi connectivity index (χ4n) is 4.33. The number of thioether (sulfide) groups is 2. The van der Waals surface area contributed by atoms with Crippen LogP contribution in [0, 0.1) is 0 Å². The van der Waals surface area contributed by atoms with E-state index in [2.05, 4.69) is 31.2 Å². The first-order valence-corrected chi connectivity index (χ1v) is 15.3. The molecule has 3 aromatic rings. The van der Waals surface area contributed by atoms with E-state index < -0.39 is 11.9 Å². The molecule has 0 aliphatic rings. The number of benzene rings is 2. The van der Waals surface area contributed by atoms with Crippen molar-refractivity contribution in [1.29, 1.82) is 0 Å². The van der Waals surface area contributed by atoms with Crippen LogP contribution in [0.15, 0.2) is 56.6 Å². The molecule has 3 rings (SSSR count). The Morgan fingerprint density at radius 3 is 2.42 bits per heavy atom. The number of aromatic carboxylic acids is 1. The number of carboxylic acid groups (broad SMARTS) is 2. The molecular formula is C30H38Na2O6S2. The van der Waals surface area contributed by atoms with Gasteiger partial charge in [0.2, 0.25) is 5.76 Å². The van der Waals surface area contributed by atoms with Crippen LogP contribution in [0.4, 0.5) is 0 Å². The van der Waals surface area contributed by atoms with E-state index in [1.54, 1.807) is 17.8 Å². The monoisotopic (exact) mass is 604 g/mol. The van der Waals surface area contributed by atoms with Crippen LogP contribution in [-0.2, 0) is 17.0 Å². The minimum atomic E-state index is -1.27. The first kappa shape index (κ1) is 37.3. The van der Waals surface area contributed by atoms with Gasteiger partial charge in [0.25, 0.3) is 0 Å². The predicted molar refractivity (Wildman–Crippen MR) is 170 cm³/mol. The molecule has 1 aromatic heterocycles. The van der Waals surface area contributed by atoms with Crippen LogP contribution in [0.2, 0.25) is 0 Å². The topological polar surface area (TPSA) is 105 Å². The van der Waals surface area contributed by atoms with Crippen molar-refractivity contribution in [2.45, 2.75) is 81.1 Å². The van der Waals surface area contributed by atoms with Gasteiger partial charge in [-0.25, -0.2) is 4.79 Å². The molecule has 0 aliphatic heterocycles. The van der Waals surface area contributed by atoms with E-state index in [0.29, 0.717) is 23.8 Å². The molecule has 1 unspecified atom stereocenters. The zero-order valence-corrected chi connectivity index (χ0v) is 23.7. The number of hydrogen-bond donors (Lipinski definition) is 2. The summed E-state index contributed by atoms with van der Waals surface area (Å²) in [4.78, 5) is 36.2. The molecular weight excluding hydrogens is 566 g/mol. The molecule has 10 heteroatoms.